The molecule has 88 valence electrons. The highest BCUT2D eigenvalue weighted by molar-refractivity contribution is 9.10. The standard InChI is InChI=1S/C15H9BrOS/c16-11-7-5-10(6-8-11)15-13(9-17)12-3-1-2-4-14(12)18-15/h1-9H. The van der Waals surface area contributed by atoms with Crippen molar-refractivity contribution in [1.82, 2.24) is 0 Å². The molecule has 0 atom stereocenters. The second kappa shape index (κ2) is 4.67. The van der Waals surface area contributed by atoms with Crippen LogP contribution in [0.3, 0.4) is 0 Å². The van der Waals surface area contributed by atoms with E-state index >= 15 is 0 Å². The minimum absolute atomic E-state index is 0.790. The Balaban J connectivity index is 2.28. The van der Waals surface area contributed by atoms with Gasteiger partial charge in [0.25, 0.3) is 0 Å². The van der Waals surface area contributed by atoms with Gasteiger partial charge in [0.15, 0.2) is 6.29 Å². The predicted octanol–water partition coefficient (Wildman–Crippen LogP) is 5.14. The Bertz CT molecular complexity index is 713. The SMILES string of the molecule is O=Cc1c(-c2ccc(Br)cc2)sc2ccccc12. The molecule has 3 aromatic rings. The van der Waals surface area contributed by atoms with Crippen molar-refractivity contribution in [1.29, 1.82) is 0 Å². The zero-order valence-corrected chi connectivity index (χ0v) is 11.8. The summed E-state index contributed by atoms with van der Waals surface area (Å²) in [6.07, 6.45) is 0.955. The first-order chi connectivity index (χ1) is 8.79. The Hall–Kier alpha value is -1.45. The maximum absolute atomic E-state index is 11.3. The molecule has 0 aliphatic rings. The number of aldehydes is 1. The maximum atomic E-state index is 11.3. The van der Waals surface area contributed by atoms with Gasteiger partial charge in [0, 0.05) is 25.0 Å². The van der Waals surface area contributed by atoms with E-state index in [0.717, 1.165) is 36.8 Å². The first-order valence-corrected chi connectivity index (χ1v) is 7.13. The van der Waals surface area contributed by atoms with Crippen LogP contribution in [0.15, 0.2) is 53.0 Å². The molecule has 0 fully saturated rings. The third-order valence-electron chi connectivity index (χ3n) is 2.86. The molecule has 0 aliphatic heterocycles. The quantitative estimate of drug-likeness (QED) is 0.598. The normalized spacial score (nSPS) is 10.7. The van der Waals surface area contributed by atoms with Gasteiger partial charge in [-0.15, -0.1) is 11.3 Å². The Labute approximate surface area is 117 Å². The number of hydrogen-bond donors (Lipinski definition) is 0. The lowest BCUT2D eigenvalue weighted by Gasteiger charge is -1.99. The summed E-state index contributed by atoms with van der Waals surface area (Å²) < 4.78 is 2.19. The minimum Gasteiger partial charge on any atom is -0.298 e. The van der Waals surface area contributed by atoms with Gasteiger partial charge in [-0.3, -0.25) is 4.79 Å². The summed E-state index contributed by atoms with van der Waals surface area (Å²) in [6.45, 7) is 0. The molecule has 1 aromatic heterocycles. The number of thiophene rings is 1. The van der Waals surface area contributed by atoms with Gasteiger partial charge < -0.3 is 0 Å². The third kappa shape index (κ3) is 1.89. The lowest BCUT2D eigenvalue weighted by Crippen LogP contribution is -1.81. The highest BCUT2D eigenvalue weighted by atomic mass is 79.9. The zero-order valence-electron chi connectivity index (χ0n) is 9.39. The summed E-state index contributed by atoms with van der Waals surface area (Å²) in [4.78, 5) is 12.4. The van der Waals surface area contributed by atoms with Gasteiger partial charge in [0.05, 0.1) is 0 Å². The smallest absolute Gasteiger partial charge is 0.152 e. The van der Waals surface area contributed by atoms with Crippen LogP contribution in [0.25, 0.3) is 20.5 Å². The topological polar surface area (TPSA) is 17.1 Å². The fraction of sp³-hybridized carbons (Fsp3) is 0. The minimum atomic E-state index is 0.790. The molecule has 0 bridgehead atoms. The van der Waals surface area contributed by atoms with Crippen LogP contribution in [0.4, 0.5) is 0 Å². The number of fused-ring (bicyclic) bond motifs is 1. The molecule has 2 aromatic carbocycles. The number of halogens is 1. The summed E-state index contributed by atoms with van der Waals surface area (Å²) >= 11 is 5.08. The van der Waals surface area contributed by atoms with Crippen LogP contribution < -0.4 is 0 Å². The summed E-state index contributed by atoms with van der Waals surface area (Å²) in [5, 5.41) is 1.04. The first-order valence-electron chi connectivity index (χ1n) is 5.52. The second-order valence-electron chi connectivity index (χ2n) is 3.97. The van der Waals surface area contributed by atoms with Crippen molar-refractivity contribution in [3.63, 3.8) is 0 Å². The van der Waals surface area contributed by atoms with E-state index in [0.29, 0.717) is 0 Å². The molecule has 1 heterocycles. The summed E-state index contributed by atoms with van der Waals surface area (Å²) in [5.74, 6) is 0. The highest BCUT2D eigenvalue weighted by Gasteiger charge is 2.12. The van der Waals surface area contributed by atoms with Crippen LogP contribution in [0, 0.1) is 0 Å². The molecule has 0 saturated carbocycles. The van der Waals surface area contributed by atoms with Crippen molar-refractivity contribution in [2.75, 3.05) is 0 Å². The molecule has 0 unspecified atom stereocenters. The summed E-state index contributed by atoms with van der Waals surface area (Å²) in [7, 11) is 0. The van der Waals surface area contributed by atoms with Gasteiger partial charge in [0.1, 0.15) is 0 Å². The second-order valence-corrected chi connectivity index (χ2v) is 5.93. The van der Waals surface area contributed by atoms with Crippen LogP contribution in [0.5, 0.6) is 0 Å². The largest absolute Gasteiger partial charge is 0.298 e. The fourth-order valence-electron chi connectivity index (χ4n) is 2.00. The lowest BCUT2D eigenvalue weighted by atomic mass is 10.1. The number of benzene rings is 2. The number of hydrogen-bond acceptors (Lipinski definition) is 2. The molecule has 0 N–H and O–H groups in total. The van der Waals surface area contributed by atoms with Crippen molar-refractivity contribution in [2.45, 2.75) is 0 Å². The molecule has 1 nitrogen and oxygen atoms in total. The molecule has 0 aliphatic carbocycles. The molecule has 3 rings (SSSR count). The molecule has 0 amide bonds. The Morgan fingerprint density at radius 3 is 2.44 bits per heavy atom. The van der Waals surface area contributed by atoms with Gasteiger partial charge in [0.2, 0.25) is 0 Å². The molecule has 0 spiro atoms. The van der Waals surface area contributed by atoms with E-state index in [1.165, 1.54) is 0 Å². The van der Waals surface area contributed by atoms with E-state index in [4.69, 9.17) is 0 Å². The van der Waals surface area contributed by atoms with Crippen molar-refractivity contribution < 1.29 is 4.79 Å². The van der Waals surface area contributed by atoms with Crippen molar-refractivity contribution >= 4 is 43.6 Å². The van der Waals surface area contributed by atoms with Crippen molar-refractivity contribution in [2.24, 2.45) is 0 Å². The first kappa shape index (κ1) is 11.6. The van der Waals surface area contributed by atoms with E-state index in [9.17, 15) is 4.79 Å². The molecular weight excluding hydrogens is 308 g/mol. The number of rotatable bonds is 2. The van der Waals surface area contributed by atoms with E-state index in [1.54, 1.807) is 11.3 Å². The molecular formula is C15H9BrOS. The van der Waals surface area contributed by atoms with Crippen LogP contribution in [-0.4, -0.2) is 6.29 Å². The fourth-order valence-corrected chi connectivity index (χ4v) is 3.44. The molecule has 3 heteroatoms. The lowest BCUT2D eigenvalue weighted by molar-refractivity contribution is 0.112. The average molecular weight is 317 g/mol. The molecule has 0 radical (unpaired) electrons. The van der Waals surface area contributed by atoms with Crippen molar-refractivity contribution in [3.8, 4) is 10.4 Å². The molecule has 0 saturated heterocycles. The van der Waals surface area contributed by atoms with Crippen LogP contribution >= 0.6 is 27.3 Å². The van der Waals surface area contributed by atoms with E-state index < -0.39 is 0 Å². The Kier molecular flexibility index (Phi) is 3.02. The maximum Gasteiger partial charge on any atom is 0.152 e. The van der Waals surface area contributed by atoms with Crippen molar-refractivity contribution in [3.05, 3.63) is 58.6 Å². The van der Waals surface area contributed by atoms with Crippen LogP contribution in [0.2, 0.25) is 0 Å². The highest BCUT2D eigenvalue weighted by Crippen LogP contribution is 2.37. The number of carbonyl (C=O) groups is 1. The van der Waals surface area contributed by atoms with Crippen LogP contribution in [-0.2, 0) is 0 Å². The van der Waals surface area contributed by atoms with Gasteiger partial charge in [-0.1, -0.05) is 46.3 Å². The van der Waals surface area contributed by atoms with Gasteiger partial charge in [-0.05, 0) is 23.8 Å². The molecule has 18 heavy (non-hydrogen) atoms. The van der Waals surface area contributed by atoms with Gasteiger partial charge >= 0.3 is 0 Å². The summed E-state index contributed by atoms with van der Waals surface area (Å²) in [5.41, 5.74) is 1.87. The monoisotopic (exact) mass is 316 g/mol. The van der Waals surface area contributed by atoms with Gasteiger partial charge in [-0.2, -0.15) is 0 Å². The van der Waals surface area contributed by atoms with Gasteiger partial charge in [-0.25, -0.2) is 0 Å². The van der Waals surface area contributed by atoms with E-state index in [1.807, 2.05) is 42.5 Å². The summed E-state index contributed by atoms with van der Waals surface area (Å²) in [6, 6.07) is 16.1. The Morgan fingerprint density at radius 1 is 1.00 bits per heavy atom. The van der Waals surface area contributed by atoms with E-state index in [2.05, 4.69) is 22.0 Å². The third-order valence-corrected chi connectivity index (χ3v) is 4.62. The van der Waals surface area contributed by atoms with E-state index in [-0.39, 0.29) is 0 Å². The number of carbonyl (C=O) groups excluding carboxylic acids is 1. The van der Waals surface area contributed by atoms with Crippen LogP contribution in [0.1, 0.15) is 10.4 Å². The predicted molar refractivity (Wildman–Crippen MR) is 80.3 cm³/mol. The Morgan fingerprint density at radius 2 is 1.72 bits per heavy atom. The zero-order chi connectivity index (χ0) is 12.5. The average Bonchev–Trinajstić information content (AvgIpc) is 2.78.